The Hall–Kier alpha value is -1.98. The van der Waals surface area contributed by atoms with Gasteiger partial charge in [0.25, 0.3) is 5.69 Å². The molecule has 0 aliphatic carbocycles. The minimum atomic E-state index is -0.814. The zero-order valence-corrected chi connectivity index (χ0v) is 8.12. The van der Waals surface area contributed by atoms with Crippen LogP contribution in [0, 0.1) is 20.2 Å². The second kappa shape index (κ2) is 4.50. The Morgan fingerprint density at radius 3 is 2.40 bits per heavy atom. The van der Waals surface area contributed by atoms with Gasteiger partial charge in [0.05, 0.1) is 4.92 Å². The Morgan fingerprint density at radius 2 is 1.87 bits per heavy atom. The van der Waals surface area contributed by atoms with Crippen molar-refractivity contribution < 1.29 is 9.85 Å². The first-order valence-electron chi connectivity index (χ1n) is 4.38. The van der Waals surface area contributed by atoms with Crippen LogP contribution in [-0.2, 0) is 6.42 Å². The molecular weight excluding hydrogens is 200 g/mol. The highest BCUT2D eigenvalue weighted by Crippen LogP contribution is 2.19. The summed E-state index contributed by atoms with van der Waals surface area (Å²) in [5.41, 5.74) is 0.331. The fraction of sp³-hybridized carbons (Fsp3) is 0.333. The Kier molecular flexibility index (Phi) is 3.33. The van der Waals surface area contributed by atoms with Crippen LogP contribution in [0.15, 0.2) is 24.3 Å². The molecule has 80 valence electrons. The van der Waals surface area contributed by atoms with E-state index in [4.69, 9.17) is 0 Å². The van der Waals surface area contributed by atoms with E-state index in [-0.39, 0.29) is 12.1 Å². The van der Waals surface area contributed by atoms with Crippen LogP contribution in [0.5, 0.6) is 0 Å². The summed E-state index contributed by atoms with van der Waals surface area (Å²) in [7, 11) is 0. The maximum atomic E-state index is 10.6. The molecule has 0 aliphatic rings. The second-order valence-electron chi connectivity index (χ2n) is 3.22. The van der Waals surface area contributed by atoms with Gasteiger partial charge >= 0.3 is 0 Å². The molecule has 0 saturated carbocycles. The second-order valence-corrected chi connectivity index (χ2v) is 3.22. The summed E-state index contributed by atoms with van der Waals surface area (Å²) in [5, 5.41) is 21.0. The van der Waals surface area contributed by atoms with Crippen LogP contribution in [0.3, 0.4) is 0 Å². The van der Waals surface area contributed by atoms with Gasteiger partial charge in [-0.3, -0.25) is 20.2 Å². The highest BCUT2D eigenvalue weighted by molar-refractivity contribution is 5.40. The highest BCUT2D eigenvalue weighted by atomic mass is 16.6. The summed E-state index contributed by atoms with van der Waals surface area (Å²) in [4.78, 5) is 20.1. The van der Waals surface area contributed by atoms with E-state index in [1.807, 2.05) is 0 Å². The molecule has 0 aliphatic heterocycles. The Bertz CT molecular complexity index is 391. The quantitative estimate of drug-likeness (QED) is 0.560. The third-order valence-corrected chi connectivity index (χ3v) is 2.06. The fourth-order valence-corrected chi connectivity index (χ4v) is 1.25. The molecule has 0 heterocycles. The number of benzene rings is 1. The summed E-state index contributed by atoms with van der Waals surface area (Å²) in [6.45, 7) is 1.43. The maximum Gasteiger partial charge on any atom is 0.272 e. The van der Waals surface area contributed by atoms with Crippen molar-refractivity contribution in [2.75, 3.05) is 0 Å². The molecule has 0 aromatic heterocycles. The van der Waals surface area contributed by atoms with Crippen LogP contribution < -0.4 is 0 Å². The summed E-state index contributed by atoms with van der Waals surface area (Å²) in [5.74, 6) is 0. The van der Waals surface area contributed by atoms with Gasteiger partial charge in [0, 0.05) is 29.9 Å². The SMILES string of the molecule is CC(Cc1ccccc1[N+](=O)[O-])[N+](=O)[O-]. The molecule has 1 unspecified atom stereocenters. The standard InChI is InChI=1S/C9H10N2O4/c1-7(10(12)13)6-8-4-2-3-5-9(8)11(14)15/h2-5,7H,6H2,1H3. The number of para-hydroxylation sites is 1. The van der Waals surface area contributed by atoms with Crippen molar-refractivity contribution >= 4 is 5.69 Å². The Balaban J connectivity index is 2.94. The van der Waals surface area contributed by atoms with E-state index in [1.165, 1.54) is 19.1 Å². The number of nitrogens with zero attached hydrogens (tertiary/aromatic N) is 2. The minimum Gasteiger partial charge on any atom is -0.264 e. The van der Waals surface area contributed by atoms with Crippen molar-refractivity contribution in [1.82, 2.24) is 0 Å². The van der Waals surface area contributed by atoms with E-state index in [9.17, 15) is 20.2 Å². The van der Waals surface area contributed by atoms with E-state index in [2.05, 4.69) is 0 Å². The van der Waals surface area contributed by atoms with Crippen molar-refractivity contribution in [1.29, 1.82) is 0 Å². The monoisotopic (exact) mass is 210 g/mol. The molecule has 0 radical (unpaired) electrons. The summed E-state index contributed by atoms with van der Waals surface area (Å²) in [6, 6.07) is 5.25. The average molecular weight is 210 g/mol. The molecule has 1 aromatic carbocycles. The van der Waals surface area contributed by atoms with Gasteiger partial charge in [-0.05, 0) is 0 Å². The van der Waals surface area contributed by atoms with Gasteiger partial charge < -0.3 is 0 Å². The molecule has 0 bridgehead atoms. The number of rotatable bonds is 4. The predicted molar refractivity (Wildman–Crippen MR) is 53.3 cm³/mol. The number of nitro benzene ring substituents is 1. The van der Waals surface area contributed by atoms with E-state index >= 15 is 0 Å². The third-order valence-electron chi connectivity index (χ3n) is 2.06. The molecule has 0 spiro atoms. The number of hydrogen-bond donors (Lipinski definition) is 0. The van der Waals surface area contributed by atoms with E-state index in [0.29, 0.717) is 5.56 Å². The van der Waals surface area contributed by atoms with Crippen LogP contribution >= 0.6 is 0 Å². The molecule has 1 rings (SSSR count). The lowest BCUT2D eigenvalue weighted by atomic mass is 10.1. The number of nitro groups is 2. The van der Waals surface area contributed by atoms with Gasteiger partial charge in [-0.25, -0.2) is 0 Å². The zero-order valence-electron chi connectivity index (χ0n) is 8.12. The van der Waals surface area contributed by atoms with Gasteiger partial charge in [-0.2, -0.15) is 0 Å². The van der Waals surface area contributed by atoms with Crippen LogP contribution in [0.1, 0.15) is 12.5 Å². The first-order valence-corrected chi connectivity index (χ1v) is 4.38. The van der Waals surface area contributed by atoms with Gasteiger partial charge in [0.15, 0.2) is 0 Å². The first kappa shape index (κ1) is 11.1. The summed E-state index contributed by atoms with van der Waals surface area (Å²) >= 11 is 0. The molecule has 0 fully saturated rings. The smallest absolute Gasteiger partial charge is 0.264 e. The largest absolute Gasteiger partial charge is 0.272 e. The van der Waals surface area contributed by atoms with E-state index < -0.39 is 15.9 Å². The topological polar surface area (TPSA) is 86.3 Å². The van der Waals surface area contributed by atoms with Gasteiger partial charge in [-0.1, -0.05) is 18.2 Å². The molecule has 0 N–H and O–H groups in total. The van der Waals surface area contributed by atoms with Gasteiger partial charge in [0.2, 0.25) is 6.04 Å². The number of hydrogen-bond acceptors (Lipinski definition) is 4. The zero-order chi connectivity index (χ0) is 11.4. The Labute approximate surface area is 85.8 Å². The van der Waals surface area contributed by atoms with Crippen molar-refractivity contribution in [2.24, 2.45) is 0 Å². The van der Waals surface area contributed by atoms with Crippen molar-refractivity contribution in [3.05, 3.63) is 50.1 Å². The maximum absolute atomic E-state index is 10.6. The lowest BCUT2D eigenvalue weighted by molar-refractivity contribution is -0.517. The fourth-order valence-electron chi connectivity index (χ4n) is 1.25. The lowest BCUT2D eigenvalue weighted by Crippen LogP contribution is -2.18. The first-order chi connectivity index (χ1) is 7.02. The molecule has 15 heavy (non-hydrogen) atoms. The summed E-state index contributed by atoms with van der Waals surface area (Å²) in [6.07, 6.45) is 0.0736. The van der Waals surface area contributed by atoms with Gasteiger partial charge in [0.1, 0.15) is 0 Å². The van der Waals surface area contributed by atoms with Crippen molar-refractivity contribution in [3.63, 3.8) is 0 Å². The Morgan fingerprint density at radius 1 is 1.27 bits per heavy atom. The van der Waals surface area contributed by atoms with Crippen LogP contribution in [0.4, 0.5) is 5.69 Å². The lowest BCUT2D eigenvalue weighted by Gasteiger charge is -2.04. The van der Waals surface area contributed by atoms with Gasteiger partial charge in [-0.15, -0.1) is 0 Å². The molecule has 6 heteroatoms. The highest BCUT2D eigenvalue weighted by Gasteiger charge is 2.20. The molecule has 6 nitrogen and oxygen atoms in total. The molecule has 1 atom stereocenters. The molecule has 1 aromatic rings. The van der Waals surface area contributed by atoms with E-state index in [1.54, 1.807) is 12.1 Å². The average Bonchev–Trinajstić information content (AvgIpc) is 2.18. The third kappa shape index (κ3) is 2.73. The van der Waals surface area contributed by atoms with Crippen LogP contribution in [-0.4, -0.2) is 15.9 Å². The molecule has 0 saturated heterocycles. The normalized spacial score (nSPS) is 12.1. The van der Waals surface area contributed by atoms with Crippen molar-refractivity contribution in [3.8, 4) is 0 Å². The predicted octanol–water partition coefficient (Wildman–Crippen LogP) is 1.80. The van der Waals surface area contributed by atoms with E-state index in [0.717, 1.165) is 0 Å². The molecular formula is C9H10N2O4. The minimum absolute atomic E-state index is 0.0637. The molecule has 0 amide bonds. The summed E-state index contributed by atoms with van der Waals surface area (Å²) < 4.78 is 0. The van der Waals surface area contributed by atoms with Crippen molar-refractivity contribution in [2.45, 2.75) is 19.4 Å². The van der Waals surface area contributed by atoms with Crippen LogP contribution in [0.2, 0.25) is 0 Å². The van der Waals surface area contributed by atoms with Crippen LogP contribution in [0.25, 0.3) is 0 Å².